The number of hydrogen-bond donors (Lipinski definition) is 0. The fourth-order valence-electron chi connectivity index (χ4n) is 1.71. The molecule has 3 heteroatoms. The molecular formula is C14H18BrNS. The number of thiazole rings is 1. The summed E-state index contributed by atoms with van der Waals surface area (Å²) in [5.74, 6) is 0. The summed E-state index contributed by atoms with van der Waals surface area (Å²) in [7, 11) is 0. The molecule has 0 aliphatic heterocycles. The highest BCUT2D eigenvalue weighted by atomic mass is 79.9. The highest BCUT2D eigenvalue weighted by molar-refractivity contribution is 9.09. The van der Waals surface area contributed by atoms with Crippen LogP contribution in [0.25, 0.3) is 10.2 Å². The molecule has 1 aromatic heterocycles. The Kier molecular flexibility index (Phi) is 3.88. The van der Waals surface area contributed by atoms with Crippen LogP contribution in [0.3, 0.4) is 0 Å². The lowest BCUT2D eigenvalue weighted by Crippen LogP contribution is -2.20. The van der Waals surface area contributed by atoms with Crippen molar-refractivity contribution in [2.75, 3.05) is 0 Å². The minimum atomic E-state index is 0.316. The van der Waals surface area contributed by atoms with Crippen LogP contribution in [-0.4, -0.2) is 9.81 Å². The van der Waals surface area contributed by atoms with Gasteiger partial charge in [-0.05, 0) is 24.0 Å². The molecule has 1 nitrogen and oxygen atoms in total. The molecule has 0 saturated carbocycles. The number of fused-ring (bicyclic) bond motifs is 1. The molecule has 0 amide bonds. The molecule has 1 heterocycles. The molecule has 2 rings (SSSR count). The molecule has 2 aromatic rings. The van der Waals surface area contributed by atoms with Gasteiger partial charge in [0, 0.05) is 11.2 Å². The Labute approximate surface area is 115 Å². The summed E-state index contributed by atoms with van der Waals surface area (Å²) in [5.41, 5.74) is 1.45. The predicted octanol–water partition coefficient (Wildman–Crippen LogP) is 5.04. The summed E-state index contributed by atoms with van der Waals surface area (Å²) in [4.78, 5) is 5.21. The molecule has 1 unspecified atom stereocenters. The van der Waals surface area contributed by atoms with Crippen LogP contribution in [0, 0.1) is 5.41 Å². The van der Waals surface area contributed by atoms with E-state index in [-0.39, 0.29) is 0 Å². The lowest BCUT2D eigenvalue weighted by atomic mass is 9.90. The molecule has 1 atom stereocenters. The third kappa shape index (κ3) is 3.29. The SMILES string of the molecule is CC(C)(C)C(Br)CCc1nc2ccccc2s1. The number of benzene rings is 1. The van der Waals surface area contributed by atoms with Gasteiger partial charge in [0.1, 0.15) is 0 Å². The molecule has 0 aliphatic rings. The largest absolute Gasteiger partial charge is 0.241 e. The summed E-state index contributed by atoms with van der Waals surface area (Å²) in [5, 5.41) is 1.25. The Morgan fingerprint density at radius 1 is 1.29 bits per heavy atom. The lowest BCUT2D eigenvalue weighted by molar-refractivity contribution is 0.385. The van der Waals surface area contributed by atoms with E-state index in [1.54, 1.807) is 0 Å². The van der Waals surface area contributed by atoms with E-state index in [0.29, 0.717) is 10.2 Å². The van der Waals surface area contributed by atoms with E-state index in [9.17, 15) is 0 Å². The van der Waals surface area contributed by atoms with Gasteiger partial charge in [0.15, 0.2) is 0 Å². The number of nitrogens with zero attached hydrogens (tertiary/aromatic N) is 1. The maximum absolute atomic E-state index is 4.66. The van der Waals surface area contributed by atoms with Crippen molar-refractivity contribution < 1.29 is 0 Å². The second-order valence-corrected chi connectivity index (χ2v) is 7.67. The van der Waals surface area contributed by atoms with E-state index in [4.69, 9.17) is 0 Å². The van der Waals surface area contributed by atoms with Crippen LogP contribution in [0.15, 0.2) is 24.3 Å². The quantitative estimate of drug-likeness (QED) is 0.724. The van der Waals surface area contributed by atoms with Gasteiger partial charge < -0.3 is 0 Å². The van der Waals surface area contributed by atoms with E-state index in [1.165, 1.54) is 9.71 Å². The molecule has 0 fully saturated rings. The van der Waals surface area contributed by atoms with Gasteiger partial charge in [0.05, 0.1) is 15.2 Å². The fourth-order valence-corrected chi connectivity index (χ4v) is 2.92. The highest BCUT2D eigenvalue weighted by Crippen LogP contribution is 2.31. The molecule has 17 heavy (non-hydrogen) atoms. The van der Waals surface area contributed by atoms with Crippen LogP contribution in [0.1, 0.15) is 32.2 Å². The molecule has 0 spiro atoms. The molecule has 1 aromatic carbocycles. The van der Waals surface area contributed by atoms with E-state index in [0.717, 1.165) is 18.4 Å². The molecule has 0 saturated heterocycles. The molecule has 92 valence electrons. The van der Waals surface area contributed by atoms with Crippen molar-refractivity contribution in [3.8, 4) is 0 Å². The number of para-hydroxylation sites is 1. The van der Waals surface area contributed by atoms with E-state index < -0.39 is 0 Å². The van der Waals surface area contributed by atoms with Gasteiger partial charge in [-0.15, -0.1) is 11.3 Å². The third-order valence-electron chi connectivity index (χ3n) is 2.89. The number of hydrogen-bond acceptors (Lipinski definition) is 2. The van der Waals surface area contributed by atoms with Gasteiger partial charge in [-0.3, -0.25) is 0 Å². The zero-order valence-electron chi connectivity index (χ0n) is 10.5. The third-order valence-corrected chi connectivity index (χ3v) is 5.82. The Morgan fingerprint density at radius 3 is 2.65 bits per heavy atom. The Balaban J connectivity index is 2.04. The number of aryl methyl sites for hydroxylation is 1. The Hall–Kier alpha value is -0.410. The summed E-state index contributed by atoms with van der Waals surface area (Å²) in [6.07, 6.45) is 2.20. The topological polar surface area (TPSA) is 12.9 Å². The first kappa shape index (κ1) is 13.0. The van der Waals surface area contributed by atoms with E-state index >= 15 is 0 Å². The van der Waals surface area contributed by atoms with Gasteiger partial charge in [0.2, 0.25) is 0 Å². The monoisotopic (exact) mass is 311 g/mol. The first-order valence-corrected chi connectivity index (χ1v) is 7.68. The molecular weight excluding hydrogens is 294 g/mol. The predicted molar refractivity (Wildman–Crippen MR) is 80.1 cm³/mol. The number of halogens is 1. The first-order chi connectivity index (χ1) is 7.97. The van der Waals surface area contributed by atoms with Crippen molar-refractivity contribution >= 4 is 37.5 Å². The van der Waals surface area contributed by atoms with Crippen LogP contribution in [0.5, 0.6) is 0 Å². The van der Waals surface area contributed by atoms with Crippen molar-refractivity contribution in [3.63, 3.8) is 0 Å². The van der Waals surface area contributed by atoms with Crippen LogP contribution >= 0.6 is 27.3 Å². The second kappa shape index (κ2) is 5.07. The van der Waals surface area contributed by atoms with Crippen molar-refractivity contribution in [3.05, 3.63) is 29.3 Å². The van der Waals surface area contributed by atoms with Crippen molar-refractivity contribution in [1.82, 2.24) is 4.98 Å². The molecule has 0 aliphatic carbocycles. The summed E-state index contributed by atoms with van der Waals surface area (Å²) >= 11 is 5.59. The normalized spacial score (nSPS) is 14.1. The Bertz CT molecular complexity index is 465. The fraction of sp³-hybridized carbons (Fsp3) is 0.500. The van der Waals surface area contributed by atoms with Crippen LogP contribution < -0.4 is 0 Å². The van der Waals surface area contributed by atoms with Gasteiger partial charge in [0.25, 0.3) is 0 Å². The number of aromatic nitrogens is 1. The van der Waals surface area contributed by atoms with Crippen LogP contribution in [-0.2, 0) is 6.42 Å². The molecule has 0 N–H and O–H groups in total. The minimum absolute atomic E-state index is 0.316. The van der Waals surface area contributed by atoms with E-state index in [2.05, 4.69) is 59.9 Å². The summed E-state index contributed by atoms with van der Waals surface area (Å²) in [6.45, 7) is 6.81. The van der Waals surface area contributed by atoms with Gasteiger partial charge in [-0.2, -0.15) is 0 Å². The minimum Gasteiger partial charge on any atom is -0.241 e. The van der Waals surface area contributed by atoms with Crippen LogP contribution in [0.2, 0.25) is 0 Å². The maximum atomic E-state index is 4.66. The molecule has 0 radical (unpaired) electrons. The van der Waals surface area contributed by atoms with Gasteiger partial charge >= 0.3 is 0 Å². The van der Waals surface area contributed by atoms with Crippen LogP contribution in [0.4, 0.5) is 0 Å². The standard InChI is InChI=1S/C14H18BrNS/c1-14(2,3)12(15)8-9-13-16-10-6-4-5-7-11(10)17-13/h4-7,12H,8-9H2,1-3H3. The number of rotatable bonds is 3. The molecule has 0 bridgehead atoms. The van der Waals surface area contributed by atoms with Crippen molar-refractivity contribution in [1.29, 1.82) is 0 Å². The summed E-state index contributed by atoms with van der Waals surface area (Å²) < 4.78 is 1.30. The van der Waals surface area contributed by atoms with Gasteiger partial charge in [-0.1, -0.05) is 48.8 Å². The first-order valence-electron chi connectivity index (χ1n) is 5.95. The smallest absolute Gasteiger partial charge is 0.0939 e. The number of alkyl halides is 1. The summed E-state index contributed by atoms with van der Waals surface area (Å²) in [6, 6.07) is 8.36. The zero-order valence-corrected chi connectivity index (χ0v) is 12.9. The lowest BCUT2D eigenvalue weighted by Gasteiger charge is -2.25. The highest BCUT2D eigenvalue weighted by Gasteiger charge is 2.21. The van der Waals surface area contributed by atoms with Crippen molar-refractivity contribution in [2.24, 2.45) is 5.41 Å². The Morgan fingerprint density at radius 2 is 2.00 bits per heavy atom. The van der Waals surface area contributed by atoms with E-state index in [1.807, 2.05) is 17.4 Å². The average molecular weight is 312 g/mol. The van der Waals surface area contributed by atoms with Crippen molar-refractivity contribution in [2.45, 2.75) is 38.4 Å². The second-order valence-electron chi connectivity index (χ2n) is 5.45. The van der Waals surface area contributed by atoms with Gasteiger partial charge in [-0.25, -0.2) is 4.98 Å². The average Bonchev–Trinajstić information content (AvgIpc) is 2.66. The zero-order chi connectivity index (χ0) is 12.5. The maximum Gasteiger partial charge on any atom is 0.0939 e.